The number of nitrogens with two attached hydrogens (primary N) is 1. The minimum Gasteiger partial charge on any atom is -0.326 e. The average molecular weight is 168 g/mol. The largest absolute Gasteiger partial charge is 0.326 e. The molecule has 2 fully saturated rings. The molecule has 1 aliphatic heterocycles. The van der Waals surface area contributed by atoms with E-state index in [1.165, 1.54) is 32.1 Å². The molecular weight excluding hydrogens is 148 g/mol. The van der Waals surface area contributed by atoms with Crippen molar-refractivity contribution in [2.75, 3.05) is 13.6 Å². The summed E-state index contributed by atoms with van der Waals surface area (Å²) < 4.78 is 0. The second kappa shape index (κ2) is 3.35. The van der Waals surface area contributed by atoms with E-state index < -0.39 is 0 Å². The van der Waals surface area contributed by atoms with Crippen molar-refractivity contribution in [1.29, 1.82) is 0 Å². The summed E-state index contributed by atoms with van der Waals surface area (Å²) in [5.74, 6) is 0.962. The lowest BCUT2D eigenvalue weighted by Gasteiger charge is -2.25. The Morgan fingerprint density at radius 3 is 2.42 bits per heavy atom. The maximum absolute atomic E-state index is 5.94. The molecule has 0 aromatic rings. The van der Waals surface area contributed by atoms with Crippen LogP contribution in [0.1, 0.15) is 32.1 Å². The summed E-state index contributed by atoms with van der Waals surface area (Å²) in [4.78, 5) is 2.47. The van der Waals surface area contributed by atoms with Crippen LogP contribution in [0.2, 0.25) is 0 Å². The SMILES string of the molecule is CN1CC(N)CC1C1CCCC1. The summed E-state index contributed by atoms with van der Waals surface area (Å²) in [6.07, 6.45) is 7.03. The standard InChI is InChI=1S/C10H20N2/c1-12-7-9(11)6-10(12)8-4-2-3-5-8/h8-10H,2-7,11H2,1H3. The van der Waals surface area contributed by atoms with E-state index in [2.05, 4.69) is 11.9 Å². The predicted molar refractivity (Wildman–Crippen MR) is 51.0 cm³/mol. The molecule has 2 heteroatoms. The quantitative estimate of drug-likeness (QED) is 0.637. The van der Waals surface area contributed by atoms with Gasteiger partial charge in [0.1, 0.15) is 0 Å². The highest BCUT2D eigenvalue weighted by molar-refractivity contribution is 4.91. The summed E-state index contributed by atoms with van der Waals surface area (Å²) >= 11 is 0. The van der Waals surface area contributed by atoms with Gasteiger partial charge in [0.2, 0.25) is 0 Å². The van der Waals surface area contributed by atoms with Gasteiger partial charge in [-0.1, -0.05) is 12.8 Å². The smallest absolute Gasteiger partial charge is 0.0182 e. The first-order valence-corrected chi connectivity index (χ1v) is 5.23. The molecule has 0 radical (unpaired) electrons. The van der Waals surface area contributed by atoms with Crippen LogP contribution in [0.15, 0.2) is 0 Å². The third-order valence-corrected chi connectivity index (χ3v) is 3.58. The molecule has 2 N–H and O–H groups in total. The van der Waals surface area contributed by atoms with E-state index in [0.29, 0.717) is 6.04 Å². The molecule has 2 atom stereocenters. The number of hydrogen-bond donors (Lipinski definition) is 1. The molecule has 2 aliphatic rings. The maximum atomic E-state index is 5.94. The summed E-state index contributed by atoms with van der Waals surface area (Å²) in [5.41, 5.74) is 5.94. The zero-order valence-electron chi connectivity index (χ0n) is 8.00. The fourth-order valence-corrected chi connectivity index (χ4v) is 2.96. The molecule has 1 heterocycles. The van der Waals surface area contributed by atoms with Gasteiger partial charge in [0.25, 0.3) is 0 Å². The molecule has 2 nitrogen and oxygen atoms in total. The Balaban J connectivity index is 1.94. The van der Waals surface area contributed by atoms with Crippen molar-refractivity contribution in [2.45, 2.75) is 44.2 Å². The van der Waals surface area contributed by atoms with Crippen molar-refractivity contribution in [3.8, 4) is 0 Å². The van der Waals surface area contributed by atoms with Crippen LogP contribution in [0, 0.1) is 5.92 Å². The molecule has 0 amide bonds. The number of likely N-dealkylation sites (tertiary alicyclic amines) is 1. The van der Waals surface area contributed by atoms with E-state index in [0.717, 1.165) is 18.5 Å². The van der Waals surface area contributed by atoms with Crippen LogP contribution in [0.4, 0.5) is 0 Å². The highest BCUT2D eigenvalue weighted by atomic mass is 15.2. The molecule has 1 saturated heterocycles. The van der Waals surface area contributed by atoms with Gasteiger partial charge >= 0.3 is 0 Å². The predicted octanol–water partition coefficient (Wildman–Crippen LogP) is 1.21. The molecular formula is C10H20N2. The zero-order chi connectivity index (χ0) is 8.55. The number of rotatable bonds is 1. The molecule has 12 heavy (non-hydrogen) atoms. The lowest BCUT2D eigenvalue weighted by Crippen LogP contribution is -2.31. The van der Waals surface area contributed by atoms with Crippen molar-refractivity contribution >= 4 is 0 Å². The maximum Gasteiger partial charge on any atom is 0.0182 e. The monoisotopic (exact) mass is 168 g/mol. The zero-order valence-corrected chi connectivity index (χ0v) is 8.00. The topological polar surface area (TPSA) is 29.3 Å². The van der Waals surface area contributed by atoms with E-state index in [4.69, 9.17) is 5.73 Å². The van der Waals surface area contributed by atoms with Gasteiger partial charge < -0.3 is 10.6 Å². The Hall–Kier alpha value is -0.0800. The first kappa shape index (κ1) is 8.52. The summed E-state index contributed by atoms with van der Waals surface area (Å²) in [7, 11) is 2.23. The molecule has 0 aromatic heterocycles. The Morgan fingerprint density at radius 2 is 1.92 bits per heavy atom. The van der Waals surface area contributed by atoms with E-state index in [-0.39, 0.29) is 0 Å². The highest BCUT2D eigenvalue weighted by Crippen LogP contribution is 2.34. The van der Waals surface area contributed by atoms with Crippen LogP contribution < -0.4 is 5.73 Å². The van der Waals surface area contributed by atoms with Crippen LogP contribution in [0.3, 0.4) is 0 Å². The first-order valence-electron chi connectivity index (χ1n) is 5.23. The molecule has 0 bridgehead atoms. The van der Waals surface area contributed by atoms with Crippen molar-refractivity contribution < 1.29 is 0 Å². The second-order valence-corrected chi connectivity index (χ2v) is 4.55. The normalized spacial score (nSPS) is 39.5. The van der Waals surface area contributed by atoms with Crippen LogP contribution in [-0.2, 0) is 0 Å². The lowest BCUT2D eigenvalue weighted by atomic mass is 9.95. The van der Waals surface area contributed by atoms with Crippen molar-refractivity contribution in [1.82, 2.24) is 4.90 Å². The molecule has 0 aromatic carbocycles. The van der Waals surface area contributed by atoms with Gasteiger partial charge in [-0.25, -0.2) is 0 Å². The fraction of sp³-hybridized carbons (Fsp3) is 1.00. The molecule has 70 valence electrons. The van der Waals surface area contributed by atoms with E-state index >= 15 is 0 Å². The molecule has 2 rings (SSSR count). The fourth-order valence-electron chi connectivity index (χ4n) is 2.96. The number of nitrogens with zero attached hydrogens (tertiary/aromatic N) is 1. The van der Waals surface area contributed by atoms with Gasteiger partial charge in [0.05, 0.1) is 0 Å². The summed E-state index contributed by atoms with van der Waals surface area (Å²) in [6, 6.07) is 1.25. The second-order valence-electron chi connectivity index (χ2n) is 4.55. The van der Waals surface area contributed by atoms with E-state index in [9.17, 15) is 0 Å². The third-order valence-electron chi connectivity index (χ3n) is 3.58. The lowest BCUT2D eigenvalue weighted by molar-refractivity contribution is 0.229. The molecule has 2 unspecified atom stereocenters. The van der Waals surface area contributed by atoms with E-state index in [1.807, 2.05) is 0 Å². The Labute approximate surface area is 75.1 Å². The highest BCUT2D eigenvalue weighted by Gasteiger charge is 2.34. The van der Waals surface area contributed by atoms with Gasteiger partial charge in [0.15, 0.2) is 0 Å². The number of hydrogen-bond acceptors (Lipinski definition) is 2. The van der Waals surface area contributed by atoms with Crippen molar-refractivity contribution in [3.05, 3.63) is 0 Å². The van der Waals surface area contributed by atoms with Gasteiger partial charge in [-0.3, -0.25) is 0 Å². The Kier molecular flexibility index (Phi) is 2.37. The van der Waals surface area contributed by atoms with Gasteiger partial charge in [-0.05, 0) is 32.2 Å². The van der Waals surface area contributed by atoms with Gasteiger partial charge in [-0.2, -0.15) is 0 Å². The van der Waals surface area contributed by atoms with Crippen LogP contribution in [0.25, 0.3) is 0 Å². The van der Waals surface area contributed by atoms with Gasteiger partial charge in [0, 0.05) is 18.6 Å². The molecule has 1 saturated carbocycles. The first-order chi connectivity index (χ1) is 5.77. The minimum absolute atomic E-state index is 0.445. The van der Waals surface area contributed by atoms with E-state index in [1.54, 1.807) is 0 Å². The number of likely N-dealkylation sites (N-methyl/N-ethyl adjacent to an activating group) is 1. The Bertz CT molecular complexity index is 152. The van der Waals surface area contributed by atoms with Crippen LogP contribution >= 0.6 is 0 Å². The van der Waals surface area contributed by atoms with Crippen molar-refractivity contribution in [2.24, 2.45) is 11.7 Å². The van der Waals surface area contributed by atoms with Crippen molar-refractivity contribution in [3.63, 3.8) is 0 Å². The molecule has 0 spiro atoms. The Morgan fingerprint density at radius 1 is 1.25 bits per heavy atom. The van der Waals surface area contributed by atoms with Crippen LogP contribution in [0.5, 0.6) is 0 Å². The summed E-state index contributed by atoms with van der Waals surface area (Å²) in [6.45, 7) is 1.11. The van der Waals surface area contributed by atoms with Crippen LogP contribution in [-0.4, -0.2) is 30.6 Å². The average Bonchev–Trinajstić information content (AvgIpc) is 2.58. The third kappa shape index (κ3) is 1.50. The van der Waals surface area contributed by atoms with Gasteiger partial charge in [-0.15, -0.1) is 0 Å². The minimum atomic E-state index is 0.445. The molecule has 1 aliphatic carbocycles. The summed E-state index contributed by atoms with van der Waals surface area (Å²) in [5, 5.41) is 0.